The number of benzene rings is 1. The number of amides is 2. The molecular weight excluding hydrogens is 292 g/mol. The lowest BCUT2D eigenvalue weighted by atomic mass is 10.1. The maximum absolute atomic E-state index is 11.9. The monoisotopic (exact) mass is 304 g/mol. The molecule has 1 aromatic carbocycles. The third kappa shape index (κ3) is 4.00. The average Bonchev–Trinajstić information content (AvgIpc) is 2.52. The molecule has 0 saturated heterocycles. The van der Waals surface area contributed by atoms with Gasteiger partial charge in [0.2, 0.25) is 0 Å². The van der Waals surface area contributed by atoms with Crippen LogP contribution in [0.5, 0.6) is 0 Å². The lowest BCUT2D eigenvalue weighted by molar-refractivity contribution is 0.0941. The summed E-state index contributed by atoms with van der Waals surface area (Å²) in [5.74, 6) is -0.514. The van der Waals surface area contributed by atoms with Crippen LogP contribution in [0.2, 0.25) is 5.15 Å². The van der Waals surface area contributed by atoms with Crippen LogP contribution in [0, 0.1) is 0 Å². The van der Waals surface area contributed by atoms with Crippen LogP contribution in [0.1, 0.15) is 26.4 Å². The van der Waals surface area contributed by atoms with Gasteiger partial charge in [-0.25, -0.2) is 4.98 Å². The number of aromatic nitrogens is 2. The highest BCUT2D eigenvalue weighted by atomic mass is 35.5. The van der Waals surface area contributed by atoms with Crippen molar-refractivity contribution in [3.05, 3.63) is 58.6 Å². The Hall–Kier alpha value is -2.47. The average molecular weight is 305 g/mol. The minimum atomic E-state index is -0.361. The van der Waals surface area contributed by atoms with Crippen LogP contribution < -0.4 is 10.6 Å². The summed E-state index contributed by atoms with van der Waals surface area (Å²) in [5.41, 5.74) is 1.59. The summed E-state index contributed by atoms with van der Waals surface area (Å²) < 4.78 is 0. The number of hydrogen-bond donors (Lipinski definition) is 2. The van der Waals surface area contributed by atoms with E-state index in [4.69, 9.17) is 11.6 Å². The van der Waals surface area contributed by atoms with Crippen LogP contribution >= 0.6 is 11.6 Å². The molecule has 2 amide bonds. The van der Waals surface area contributed by atoms with Gasteiger partial charge < -0.3 is 10.6 Å². The largest absolute Gasteiger partial charge is 0.355 e. The molecule has 2 N–H and O–H groups in total. The molecule has 0 atom stereocenters. The molecular formula is C14H13ClN4O2. The van der Waals surface area contributed by atoms with Gasteiger partial charge in [-0.15, -0.1) is 0 Å². The standard InChI is InChI=1S/C14H13ClN4O2/c1-16-13(20)10-4-2-9(3-5-10)6-18-14(21)11-7-17-8-12(15)19-11/h2-5,7-8H,6H2,1H3,(H,16,20)(H,18,21). The van der Waals surface area contributed by atoms with E-state index in [-0.39, 0.29) is 22.7 Å². The van der Waals surface area contributed by atoms with Gasteiger partial charge in [-0.3, -0.25) is 14.6 Å². The minimum Gasteiger partial charge on any atom is -0.355 e. The van der Waals surface area contributed by atoms with Gasteiger partial charge in [0.05, 0.1) is 12.4 Å². The first-order chi connectivity index (χ1) is 10.1. The summed E-state index contributed by atoms with van der Waals surface area (Å²) in [6.07, 6.45) is 2.70. The molecule has 0 saturated carbocycles. The highest BCUT2D eigenvalue weighted by Gasteiger charge is 2.08. The maximum Gasteiger partial charge on any atom is 0.271 e. The second kappa shape index (κ2) is 6.81. The van der Waals surface area contributed by atoms with Crippen molar-refractivity contribution in [1.82, 2.24) is 20.6 Å². The number of nitrogens with zero attached hydrogens (tertiary/aromatic N) is 2. The Labute approximate surface area is 126 Å². The van der Waals surface area contributed by atoms with Gasteiger partial charge in [-0.2, -0.15) is 0 Å². The fourth-order valence-corrected chi connectivity index (χ4v) is 1.79. The molecule has 0 fully saturated rings. The quantitative estimate of drug-likeness (QED) is 0.895. The number of rotatable bonds is 4. The van der Waals surface area contributed by atoms with Gasteiger partial charge in [-0.05, 0) is 17.7 Å². The Morgan fingerprint density at radius 1 is 1.14 bits per heavy atom. The van der Waals surface area contributed by atoms with E-state index in [0.717, 1.165) is 5.56 Å². The maximum atomic E-state index is 11.9. The molecule has 1 aromatic heterocycles. The fourth-order valence-electron chi connectivity index (χ4n) is 1.64. The van der Waals surface area contributed by atoms with E-state index < -0.39 is 0 Å². The molecule has 0 unspecified atom stereocenters. The van der Waals surface area contributed by atoms with Crippen LogP contribution in [0.25, 0.3) is 0 Å². The Bertz CT molecular complexity index is 658. The summed E-state index contributed by atoms with van der Waals surface area (Å²) >= 11 is 5.68. The molecule has 0 aliphatic heterocycles. The molecule has 2 aromatic rings. The Balaban J connectivity index is 1.97. The predicted molar refractivity (Wildman–Crippen MR) is 78.0 cm³/mol. The molecule has 6 nitrogen and oxygen atoms in total. The smallest absolute Gasteiger partial charge is 0.271 e. The first kappa shape index (κ1) is 14.9. The van der Waals surface area contributed by atoms with Gasteiger partial charge in [0.15, 0.2) is 0 Å². The van der Waals surface area contributed by atoms with Crippen molar-refractivity contribution in [2.75, 3.05) is 7.05 Å². The Morgan fingerprint density at radius 3 is 2.48 bits per heavy atom. The number of nitrogens with one attached hydrogen (secondary N) is 2. The lowest BCUT2D eigenvalue weighted by Crippen LogP contribution is -2.24. The third-order valence-electron chi connectivity index (χ3n) is 2.73. The summed E-state index contributed by atoms with van der Waals surface area (Å²) in [5, 5.41) is 5.41. The first-order valence-corrected chi connectivity index (χ1v) is 6.54. The number of carbonyl (C=O) groups is 2. The molecule has 0 bridgehead atoms. The summed E-state index contributed by atoms with van der Waals surface area (Å²) in [4.78, 5) is 30.9. The van der Waals surface area contributed by atoms with Gasteiger partial charge >= 0.3 is 0 Å². The summed E-state index contributed by atoms with van der Waals surface area (Å²) in [6.45, 7) is 0.320. The number of carbonyl (C=O) groups excluding carboxylic acids is 2. The summed E-state index contributed by atoms with van der Waals surface area (Å²) in [6, 6.07) is 6.93. The highest BCUT2D eigenvalue weighted by Crippen LogP contribution is 2.06. The normalized spacial score (nSPS) is 10.0. The van der Waals surface area contributed by atoms with Crippen molar-refractivity contribution in [2.45, 2.75) is 6.54 Å². The molecule has 0 spiro atoms. The SMILES string of the molecule is CNC(=O)c1ccc(CNC(=O)c2cncc(Cl)n2)cc1. The van der Waals surface area contributed by atoms with Crippen LogP contribution in [-0.4, -0.2) is 28.8 Å². The Morgan fingerprint density at radius 2 is 1.86 bits per heavy atom. The molecule has 108 valence electrons. The highest BCUT2D eigenvalue weighted by molar-refractivity contribution is 6.29. The van der Waals surface area contributed by atoms with Crippen LogP contribution in [0.15, 0.2) is 36.7 Å². The Kier molecular flexibility index (Phi) is 4.84. The predicted octanol–water partition coefficient (Wildman–Crippen LogP) is 1.42. The minimum absolute atomic E-state index is 0.153. The number of halogens is 1. The van der Waals surface area contributed by atoms with Crippen molar-refractivity contribution in [3.63, 3.8) is 0 Å². The van der Waals surface area contributed by atoms with Crippen molar-refractivity contribution in [1.29, 1.82) is 0 Å². The van der Waals surface area contributed by atoms with Crippen molar-refractivity contribution in [3.8, 4) is 0 Å². The molecule has 0 aliphatic carbocycles. The second-order valence-electron chi connectivity index (χ2n) is 4.19. The number of hydrogen-bond acceptors (Lipinski definition) is 4. The zero-order chi connectivity index (χ0) is 15.2. The zero-order valence-electron chi connectivity index (χ0n) is 11.3. The van der Waals surface area contributed by atoms with E-state index in [9.17, 15) is 9.59 Å². The van der Waals surface area contributed by atoms with Crippen molar-refractivity contribution >= 4 is 23.4 Å². The van der Waals surface area contributed by atoms with Crippen molar-refractivity contribution in [2.24, 2.45) is 0 Å². The molecule has 7 heteroatoms. The molecule has 0 radical (unpaired) electrons. The van der Waals surface area contributed by atoms with Gasteiger partial charge in [0, 0.05) is 19.2 Å². The topological polar surface area (TPSA) is 84.0 Å². The zero-order valence-corrected chi connectivity index (χ0v) is 12.0. The summed E-state index contributed by atoms with van der Waals surface area (Å²) in [7, 11) is 1.57. The van der Waals surface area contributed by atoms with E-state index in [2.05, 4.69) is 20.6 Å². The lowest BCUT2D eigenvalue weighted by Gasteiger charge is -2.06. The van der Waals surface area contributed by atoms with E-state index in [1.807, 2.05) is 0 Å². The van der Waals surface area contributed by atoms with Crippen LogP contribution in [0.3, 0.4) is 0 Å². The van der Waals surface area contributed by atoms with E-state index in [0.29, 0.717) is 12.1 Å². The van der Waals surface area contributed by atoms with E-state index >= 15 is 0 Å². The molecule has 2 rings (SSSR count). The van der Waals surface area contributed by atoms with E-state index in [1.165, 1.54) is 12.4 Å². The second-order valence-corrected chi connectivity index (χ2v) is 4.57. The van der Waals surface area contributed by atoms with Crippen LogP contribution in [-0.2, 0) is 6.54 Å². The van der Waals surface area contributed by atoms with Gasteiger partial charge in [0.25, 0.3) is 11.8 Å². The van der Waals surface area contributed by atoms with Gasteiger partial charge in [0.1, 0.15) is 10.8 Å². The van der Waals surface area contributed by atoms with E-state index in [1.54, 1.807) is 31.3 Å². The molecule has 0 aliphatic rings. The first-order valence-electron chi connectivity index (χ1n) is 6.17. The van der Waals surface area contributed by atoms with Crippen LogP contribution in [0.4, 0.5) is 0 Å². The third-order valence-corrected chi connectivity index (χ3v) is 2.92. The van der Waals surface area contributed by atoms with Crippen molar-refractivity contribution < 1.29 is 9.59 Å². The molecule has 1 heterocycles. The van der Waals surface area contributed by atoms with Gasteiger partial charge in [-0.1, -0.05) is 23.7 Å². The fraction of sp³-hybridized carbons (Fsp3) is 0.143. The molecule has 21 heavy (non-hydrogen) atoms.